The number of carbonyl (C=O) groups excluding carboxylic acids is 1. The molecule has 24 heavy (non-hydrogen) atoms. The van der Waals surface area contributed by atoms with E-state index in [1.807, 2.05) is 24.3 Å². The molecule has 1 aliphatic rings. The molecule has 2 aromatic carbocycles. The summed E-state index contributed by atoms with van der Waals surface area (Å²) < 4.78 is 5.40. The molecule has 3 rings (SSSR count). The number of carbonyl (C=O) groups is 1. The molecule has 4 nitrogen and oxygen atoms in total. The summed E-state index contributed by atoms with van der Waals surface area (Å²) in [4.78, 5) is 14.8. The Labute approximate surface area is 143 Å². The normalized spacial score (nSPS) is 14.5. The third-order valence-corrected chi connectivity index (χ3v) is 4.28. The smallest absolute Gasteiger partial charge is 0.253 e. The first-order chi connectivity index (χ1) is 11.7. The number of hydrogen-bond donors (Lipinski definition) is 1. The number of amides is 1. The van der Waals surface area contributed by atoms with E-state index in [9.17, 15) is 4.79 Å². The first kappa shape index (κ1) is 16.5. The highest BCUT2D eigenvalue weighted by molar-refractivity contribution is 5.99. The summed E-state index contributed by atoms with van der Waals surface area (Å²) in [6.45, 7) is 5.80. The Morgan fingerprint density at radius 1 is 1.12 bits per heavy atom. The van der Waals surface area contributed by atoms with Gasteiger partial charge >= 0.3 is 0 Å². The SMILES string of the molecule is Cc1cccc(CCNC(=O)c2ccccc2N2CCOCC2)c1. The van der Waals surface area contributed by atoms with Gasteiger partial charge in [0.2, 0.25) is 0 Å². The summed E-state index contributed by atoms with van der Waals surface area (Å²) in [6.07, 6.45) is 0.840. The lowest BCUT2D eigenvalue weighted by Gasteiger charge is -2.30. The second kappa shape index (κ2) is 7.97. The maximum atomic E-state index is 12.6. The summed E-state index contributed by atoms with van der Waals surface area (Å²) in [5.41, 5.74) is 4.23. The number of hydrogen-bond acceptors (Lipinski definition) is 3. The van der Waals surface area contributed by atoms with E-state index in [0.29, 0.717) is 19.8 Å². The van der Waals surface area contributed by atoms with Crippen molar-refractivity contribution in [3.05, 3.63) is 65.2 Å². The third kappa shape index (κ3) is 4.15. The fraction of sp³-hybridized carbons (Fsp3) is 0.350. The summed E-state index contributed by atoms with van der Waals surface area (Å²) >= 11 is 0. The van der Waals surface area contributed by atoms with Crippen LogP contribution in [0.25, 0.3) is 0 Å². The lowest BCUT2D eigenvalue weighted by molar-refractivity contribution is 0.0952. The minimum atomic E-state index is -0.00950. The molecule has 4 heteroatoms. The molecule has 2 aromatic rings. The highest BCUT2D eigenvalue weighted by Gasteiger charge is 2.17. The molecule has 1 heterocycles. The quantitative estimate of drug-likeness (QED) is 0.919. The molecule has 1 amide bonds. The molecule has 0 radical (unpaired) electrons. The topological polar surface area (TPSA) is 41.6 Å². The second-order valence-electron chi connectivity index (χ2n) is 6.11. The van der Waals surface area contributed by atoms with E-state index in [-0.39, 0.29) is 5.91 Å². The van der Waals surface area contributed by atoms with Gasteiger partial charge in [-0.1, -0.05) is 42.0 Å². The van der Waals surface area contributed by atoms with Crippen LogP contribution in [-0.4, -0.2) is 38.8 Å². The molecule has 1 fully saturated rings. The summed E-state index contributed by atoms with van der Waals surface area (Å²) in [6, 6.07) is 16.2. The Bertz CT molecular complexity index is 694. The lowest BCUT2D eigenvalue weighted by Crippen LogP contribution is -2.38. The molecule has 1 saturated heterocycles. The Hall–Kier alpha value is -2.33. The van der Waals surface area contributed by atoms with Gasteiger partial charge < -0.3 is 15.0 Å². The Morgan fingerprint density at radius 2 is 1.92 bits per heavy atom. The van der Waals surface area contributed by atoms with Crippen LogP contribution in [-0.2, 0) is 11.2 Å². The highest BCUT2D eigenvalue weighted by Crippen LogP contribution is 2.21. The zero-order chi connectivity index (χ0) is 16.8. The molecule has 0 aromatic heterocycles. The van der Waals surface area contributed by atoms with E-state index in [1.165, 1.54) is 11.1 Å². The molecular formula is C20H24N2O2. The lowest BCUT2D eigenvalue weighted by atomic mass is 10.1. The number of rotatable bonds is 5. The number of ether oxygens (including phenoxy) is 1. The van der Waals surface area contributed by atoms with Crippen molar-refractivity contribution in [1.29, 1.82) is 0 Å². The zero-order valence-electron chi connectivity index (χ0n) is 14.1. The van der Waals surface area contributed by atoms with Crippen LogP contribution in [0.5, 0.6) is 0 Å². The van der Waals surface area contributed by atoms with Gasteiger partial charge in [0.1, 0.15) is 0 Å². The van der Waals surface area contributed by atoms with Crippen molar-refractivity contribution in [2.75, 3.05) is 37.7 Å². The summed E-state index contributed by atoms with van der Waals surface area (Å²) in [5, 5.41) is 3.05. The highest BCUT2D eigenvalue weighted by atomic mass is 16.5. The first-order valence-electron chi connectivity index (χ1n) is 8.49. The van der Waals surface area contributed by atoms with Crippen molar-refractivity contribution in [2.45, 2.75) is 13.3 Å². The number of benzene rings is 2. The average Bonchev–Trinajstić information content (AvgIpc) is 2.62. The van der Waals surface area contributed by atoms with Gasteiger partial charge in [0.25, 0.3) is 5.91 Å². The maximum Gasteiger partial charge on any atom is 0.253 e. The summed E-state index contributed by atoms with van der Waals surface area (Å²) in [5.74, 6) is -0.00950. The van der Waals surface area contributed by atoms with Crippen molar-refractivity contribution < 1.29 is 9.53 Å². The second-order valence-corrected chi connectivity index (χ2v) is 6.11. The predicted molar refractivity (Wildman–Crippen MR) is 96.7 cm³/mol. The van der Waals surface area contributed by atoms with Gasteiger partial charge in [-0.2, -0.15) is 0 Å². The van der Waals surface area contributed by atoms with E-state index in [0.717, 1.165) is 30.8 Å². The van der Waals surface area contributed by atoms with E-state index >= 15 is 0 Å². The molecule has 0 atom stereocenters. The molecule has 0 unspecified atom stereocenters. The van der Waals surface area contributed by atoms with E-state index < -0.39 is 0 Å². The predicted octanol–water partition coefficient (Wildman–Crippen LogP) is 2.80. The first-order valence-corrected chi connectivity index (χ1v) is 8.49. The number of nitrogens with one attached hydrogen (secondary N) is 1. The fourth-order valence-electron chi connectivity index (χ4n) is 3.03. The molecule has 0 aliphatic carbocycles. The number of aryl methyl sites for hydroxylation is 1. The van der Waals surface area contributed by atoms with Crippen molar-refractivity contribution in [1.82, 2.24) is 5.32 Å². The van der Waals surface area contributed by atoms with E-state index in [2.05, 4.69) is 41.4 Å². The number of morpholine rings is 1. The molecule has 0 saturated carbocycles. The summed E-state index contributed by atoms with van der Waals surface area (Å²) in [7, 11) is 0. The largest absolute Gasteiger partial charge is 0.378 e. The van der Waals surface area contributed by atoms with Crippen molar-refractivity contribution in [2.24, 2.45) is 0 Å². The minimum Gasteiger partial charge on any atom is -0.378 e. The third-order valence-electron chi connectivity index (χ3n) is 4.28. The Kier molecular flexibility index (Phi) is 5.49. The monoisotopic (exact) mass is 324 g/mol. The Morgan fingerprint density at radius 3 is 2.71 bits per heavy atom. The van der Waals surface area contributed by atoms with Crippen LogP contribution in [0.3, 0.4) is 0 Å². The zero-order valence-corrected chi connectivity index (χ0v) is 14.1. The number of anilines is 1. The van der Waals surface area contributed by atoms with Crippen LogP contribution in [0.15, 0.2) is 48.5 Å². The van der Waals surface area contributed by atoms with Crippen LogP contribution in [0.1, 0.15) is 21.5 Å². The van der Waals surface area contributed by atoms with Gasteiger partial charge in [0.05, 0.1) is 18.8 Å². The van der Waals surface area contributed by atoms with Crippen molar-refractivity contribution >= 4 is 11.6 Å². The fourth-order valence-corrected chi connectivity index (χ4v) is 3.03. The van der Waals surface area contributed by atoms with Gasteiger partial charge in [-0.15, -0.1) is 0 Å². The number of para-hydroxylation sites is 1. The van der Waals surface area contributed by atoms with Gasteiger partial charge in [0.15, 0.2) is 0 Å². The van der Waals surface area contributed by atoms with Crippen LogP contribution >= 0.6 is 0 Å². The standard InChI is InChI=1S/C20H24N2O2/c1-16-5-4-6-17(15-16)9-10-21-20(23)18-7-2-3-8-19(18)22-11-13-24-14-12-22/h2-8,15H,9-14H2,1H3,(H,21,23). The molecule has 126 valence electrons. The van der Waals surface area contributed by atoms with Crippen LogP contribution in [0, 0.1) is 6.92 Å². The maximum absolute atomic E-state index is 12.6. The van der Waals surface area contributed by atoms with E-state index in [4.69, 9.17) is 4.74 Å². The average molecular weight is 324 g/mol. The molecular weight excluding hydrogens is 300 g/mol. The van der Waals surface area contributed by atoms with Crippen molar-refractivity contribution in [3.8, 4) is 0 Å². The van der Waals surface area contributed by atoms with E-state index in [1.54, 1.807) is 0 Å². The van der Waals surface area contributed by atoms with Crippen LogP contribution in [0.4, 0.5) is 5.69 Å². The van der Waals surface area contributed by atoms with Gasteiger partial charge in [-0.05, 0) is 31.0 Å². The van der Waals surface area contributed by atoms with Crippen LogP contribution in [0.2, 0.25) is 0 Å². The Balaban J connectivity index is 1.62. The molecule has 0 bridgehead atoms. The molecule has 0 spiro atoms. The molecule has 1 N–H and O–H groups in total. The van der Waals surface area contributed by atoms with Gasteiger partial charge in [-0.3, -0.25) is 4.79 Å². The van der Waals surface area contributed by atoms with Crippen LogP contribution < -0.4 is 10.2 Å². The van der Waals surface area contributed by atoms with Gasteiger partial charge in [-0.25, -0.2) is 0 Å². The van der Waals surface area contributed by atoms with Crippen molar-refractivity contribution in [3.63, 3.8) is 0 Å². The van der Waals surface area contributed by atoms with Gasteiger partial charge in [0, 0.05) is 25.3 Å². The minimum absolute atomic E-state index is 0.00950. The number of nitrogens with zero attached hydrogens (tertiary/aromatic N) is 1. The molecule has 1 aliphatic heterocycles.